The van der Waals surface area contributed by atoms with Crippen LogP contribution in [-0.2, 0) is 4.79 Å². The van der Waals surface area contributed by atoms with E-state index in [9.17, 15) is 9.59 Å². The molecule has 0 unspecified atom stereocenters. The number of benzene rings is 1. The Morgan fingerprint density at radius 3 is 2.26 bits per heavy atom. The number of methoxy groups -OCH3 is 3. The minimum Gasteiger partial charge on any atom is -0.493 e. The number of piperidine rings is 2. The van der Waals surface area contributed by atoms with E-state index in [1.54, 1.807) is 12.1 Å². The lowest BCUT2D eigenvalue weighted by molar-refractivity contribution is -0.122. The van der Waals surface area contributed by atoms with E-state index >= 15 is 0 Å². The summed E-state index contributed by atoms with van der Waals surface area (Å²) in [5.74, 6) is 2.56. The maximum Gasteiger partial charge on any atom is 0.254 e. The van der Waals surface area contributed by atoms with E-state index in [-0.39, 0.29) is 11.8 Å². The van der Waals surface area contributed by atoms with Gasteiger partial charge in [0.2, 0.25) is 11.7 Å². The fourth-order valence-corrected chi connectivity index (χ4v) is 5.08. The first kappa shape index (κ1) is 26.1. The second-order valence-corrected chi connectivity index (χ2v) is 9.61. The SMILES string of the molecule is COc1cc(C(=O)N2CCC(CC(=O)NCCCN3CCC[C@@H](C)C3)CC2)cc(OC)c1OC. The van der Waals surface area contributed by atoms with Gasteiger partial charge < -0.3 is 29.3 Å². The van der Waals surface area contributed by atoms with Crippen molar-refractivity contribution in [1.82, 2.24) is 15.1 Å². The van der Waals surface area contributed by atoms with E-state index in [0.29, 0.717) is 48.2 Å². The molecule has 0 saturated carbocycles. The Bertz CT molecular complexity index is 798. The standard InChI is InChI=1S/C26H41N3O5/c1-19-7-5-11-28(18-19)12-6-10-27-24(30)15-20-8-13-29(14-9-20)26(31)21-16-22(32-2)25(34-4)23(17-21)33-3/h16-17,19-20H,5-15,18H2,1-4H3,(H,27,30)/t19-/m1/s1. The number of rotatable bonds is 10. The van der Waals surface area contributed by atoms with Gasteiger partial charge >= 0.3 is 0 Å². The molecule has 1 atom stereocenters. The van der Waals surface area contributed by atoms with Crippen molar-refractivity contribution in [3.8, 4) is 17.2 Å². The normalized spacial score (nSPS) is 19.5. The molecule has 0 radical (unpaired) electrons. The van der Waals surface area contributed by atoms with Gasteiger partial charge in [0.1, 0.15) is 0 Å². The molecule has 34 heavy (non-hydrogen) atoms. The van der Waals surface area contributed by atoms with Crippen molar-refractivity contribution in [2.75, 3.05) is 60.6 Å². The van der Waals surface area contributed by atoms with Crippen LogP contribution in [0.5, 0.6) is 17.2 Å². The second kappa shape index (κ2) is 12.8. The quantitative estimate of drug-likeness (QED) is 0.524. The molecule has 190 valence electrons. The average molecular weight is 476 g/mol. The molecular formula is C26H41N3O5. The van der Waals surface area contributed by atoms with Crippen LogP contribution in [0.25, 0.3) is 0 Å². The van der Waals surface area contributed by atoms with Crippen molar-refractivity contribution < 1.29 is 23.8 Å². The van der Waals surface area contributed by atoms with Gasteiger partial charge in [-0.15, -0.1) is 0 Å². The van der Waals surface area contributed by atoms with Crippen LogP contribution < -0.4 is 19.5 Å². The number of amides is 2. The van der Waals surface area contributed by atoms with Crippen molar-refractivity contribution >= 4 is 11.8 Å². The third kappa shape index (κ3) is 7.01. The summed E-state index contributed by atoms with van der Waals surface area (Å²) in [7, 11) is 4.62. The summed E-state index contributed by atoms with van der Waals surface area (Å²) in [4.78, 5) is 29.8. The van der Waals surface area contributed by atoms with Crippen LogP contribution in [0.15, 0.2) is 12.1 Å². The molecule has 2 saturated heterocycles. The monoisotopic (exact) mass is 475 g/mol. The molecule has 2 aliphatic heterocycles. The Kier molecular flexibility index (Phi) is 9.86. The zero-order valence-corrected chi connectivity index (χ0v) is 21.2. The van der Waals surface area contributed by atoms with E-state index in [2.05, 4.69) is 17.1 Å². The van der Waals surface area contributed by atoms with Gasteiger partial charge in [-0.1, -0.05) is 6.92 Å². The molecule has 2 fully saturated rings. The van der Waals surface area contributed by atoms with Crippen molar-refractivity contribution in [2.45, 2.75) is 45.4 Å². The number of carbonyl (C=O) groups excluding carboxylic acids is 2. The Morgan fingerprint density at radius 1 is 1.00 bits per heavy atom. The molecule has 2 heterocycles. The summed E-state index contributed by atoms with van der Waals surface area (Å²) >= 11 is 0. The molecule has 0 bridgehead atoms. The molecule has 0 aliphatic carbocycles. The van der Waals surface area contributed by atoms with Crippen LogP contribution in [0.3, 0.4) is 0 Å². The van der Waals surface area contributed by atoms with Gasteiger partial charge in [0, 0.05) is 38.2 Å². The highest BCUT2D eigenvalue weighted by atomic mass is 16.5. The minimum atomic E-state index is -0.0609. The molecule has 2 aliphatic rings. The summed E-state index contributed by atoms with van der Waals surface area (Å²) in [5.41, 5.74) is 0.508. The van der Waals surface area contributed by atoms with Crippen molar-refractivity contribution in [3.05, 3.63) is 17.7 Å². The van der Waals surface area contributed by atoms with E-state index in [1.165, 1.54) is 47.3 Å². The highest BCUT2D eigenvalue weighted by molar-refractivity contribution is 5.95. The summed E-state index contributed by atoms with van der Waals surface area (Å²) in [6, 6.07) is 3.38. The van der Waals surface area contributed by atoms with Crippen LogP contribution in [0, 0.1) is 11.8 Å². The lowest BCUT2D eigenvalue weighted by atomic mass is 9.92. The van der Waals surface area contributed by atoms with E-state index < -0.39 is 0 Å². The van der Waals surface area contributed by atoms with Gasteiger partial charge in [0.05, 0.1) is 21.3 Å². The molecule has 2 amide bonds. The Balaban J connectivity index is 1.41. The molecule has 8 heteroatoms. The fourth-order valence-electron chi connectivity index (χ4n) is 5.08. The number of carbonyl (C=O) groups is 2. The van der Waals surface area contributed by atoms with Gasteiger partial charge in [-0.25, -0.2) is 0 Å². The smallest absolute Gasteiger partial charge is 0.254 e. The topological polar surface area (TPSA) is 80.3 Å². The zero-order chi connectivity index (χ0) is 24.5. The average Bonchev–Trinajstić information content (AvgIpc) is 2.85. The number of nitrogens with one attached hydrogen (secondary N) is 1. The largest absolute Gasteiger partial charge is 0.493 e. The molecule has 1 aromatic rings. The Hall–Kier alpha value is -2.48. The summed E-state index contributed by atoms with van der Waals surface area (Å²) in [6.07, 6.45) is 5.81. The number of ether oxygens (including phenoxy) is 3. The summed E-state index contributed by atoms with van der Waals surface area (Å²) in [6.45, 7) is 7.76. The van der Waals surface area contributed by atoms with E-state index in [0.717, 1.165) is 38.3 Å². The predicted molar refractivity (Wildman–Crippen MR) is 132 cm³/mol. The second-order valence-electron chi connectivity index (χ2n) is 9.61. The molecule has 3 rings (SSSR count). The highest BCUT2D eigenvalue weighted by Crippen LogP contribution is 2.38. The fraction of sp³-hybridized carbons (Fsp3) is 0.692. The number of hydrogen-bond acceptors (Lipinski definition) is 6. The third-order valence-corrected chi connectivity index (χ3v) is 7.00. The minimum absolute atomic E-state index is 0.0609. The van der Waals surface area contributed by atoms with Gasteiger partial charge in [0.15, 0.2) is 11.5 Å². The molecular weight excluding hydrogens is 434 g/mol. The lowest BCUT2D eigenvalue weighted by Gasteiger charge is -2.32. The molecule has 0 spiro atoms. The van der Waals surface area contributed by atoms with Crippen LogP contribution in [0.1, 0.15) is 55.8 Å². The van der Waals surface area contributed by atoms with Crippen LogP contribution >= 0.6 is 0 Å². The van der Waals surface area contributed by atoms with Gasteiger partial charge in [-0.2, -0.15) is 0 Å². The van der Waals surface area contributed by atoms with Crippen LogP contribution in [0.2, 0.25) is 0 Å². The third-order valence-electron chi connectivity index (χ3n) is 7.00. The number of nitrogens with zero attached hydrogens (tertiary/aromatic N) is 2. The molecule has 0 aromatic heterocycles. The Labute approximate surface area is 203 Å². The van der Waals surface area contributed by atoms with Crippen molar-refractivity contribution in [1.29, 1.82) is 0 Å². The summed E-state index contributed by atoms with van der Waals surface area (Å²) in [5, 5.41) is 3.09. The first-order valence-corrected chi connectivity index (χ1v) is 12.5. The van der Waals surface area contributed by atoms with Gasteiger partial charge in [-0.05, 0) is 69.2 Å². The number of likely N-dealkylation sites (tertiary alicyclic amines) is 2. The predicted octanol–water partition coefficient (Wildman–Crippen LogP) is 3.19. The summed E-state index contributed by atoms with van der Waals surface area (Å²) < 4.78 is 16.1. The maximum absolute atomic E-state index is 13.1. The molecule has 8 nitrogen and oxygen atoms in total. The van der Waals surface area contributed by atoms with E-state index in [1.807, 2.05) is 4.90 Å². The van der Waals surface area contributed by atoms with E-state index in [4.69, 9.17) is 14.2 Å². The van der Waals surface area contributed by atoms with Crippen molar-refractivity contribution in [3.63, 3.8) is 0 Å². The molecule has 1 N–H and O–H groups in total. The molecule has 1 aromatic carbocycles. The number of hydrogen-bond donors (Lipinski definition) is 1. The van der Waals surface area contributed by atoms with Gasteiger partial charge in [0.25, 0.3) is 5.91 Å². The first-order valence-electron chi connectivity index (χ1n) is 12.5. The maximum atomic E-state index is 13.1. The zero-order valence-electron chi connectivity index (χ0n) is 21.2. The van der Waals surface area contributed by atoms with Gasteiger partial charge in [-0.3, -0.25) is 9.59 Å². The highest BCUT2D eigenvalue weighted by Gasteiger charge is 2.27. The Morgan fingerprint density at radius 2 is 1.68 bits per heavy atom. The first-order chi connectivity index (χ1) is 16.4. The van der Waals surface area contributed by atoms with Crippen LogP contribution in [-0.4, -0.2) is 82.2 Å². The van der Waals surface area contributed by atoms with Crippen LogP contribution in [0.4, 0.5) is 0 Å². The van der Waals surface area contributed by atoms with Crippen molar-refractivity contribution in [2.24, 2.45) is 11.8 Å². The lowest BCUT2D eigenvalue weighted by Crippen LogP contribution is -2.40.